The Morgan fingerprint density at radius 3 is 2.38 bits per heavy atom. The molecule has 4 heteroatoms. The molecule has 86 valence electrons. The van der Waals surface area contributed by atoms with E-state index in [-0.39, 0.29) is 11.9 Å². The van der Waals surface area contributed by atoms with Crippen LogP contribution in [0, 0.1) is 0 Å². The minimum atomic E-state index is -0.0268. The van der Waals surface area contributed by atoms with Gasteiger partial charge in [-0.05, 0) is 24.3 Å². The lowest BCUT2D eigenvalue weighted by molar-refractivity contribution is -0.117. The average molecular weight is 219 g/mol. The minimum absolute atomic E-state index is 0.0268. The number of carbonyl (C=O) groups is 1. The fourth-order valence-corrected chi connectivity index (χ4v) is 1.92. The highest BCUT2D eigenvalue weighted by molar-refractivity contribution is 5.96. The number of carbonyl (C=O) groups excluding carboxylic acids is 1. The number of benzene rings is 1. The molecule has 1 aromatic carbocycles. The van der Waals surface area contributed by atoms with E-state index in [9.17, 15) is 4.79 Å². The topological polar surface area (TPSA) is 49.6 Å². The first kappa shape index (κ1) is 11.0. The first-order valence-corrected chi connectivity index (χ1v) is 5.41. The molecule has 1 amide bonds. The number of nitrogens with zero attached hydrogens (tertiary/aromatic N) is 2. The van der Waals surface area contributed by atoms with Gasteiger partial charge in [0.15, 0.2) is 0 Å². The van der Waals surface area contributed by atoms with Crippen LogP contribution in [0.25, 0.3) is 0 Å². The van der Waals surface area contributed by atoms with Gasteiger partial charge in [0, 0.05) is 44.5 Å². The molecule has 0 spiro atoms. The number of anilines is 2. The molecule has 1 atom stereocenters. The molecule has 1 fully saturated rings. The summed E-state index contributed by atoms with van der Waals surface area (Å²) in [6.45, 7) is 0.625. The maximum absolute atomic E-state index is 11.6. The SMILES string of the molecule is CN(C)c1ccc(N2CC(N)CC2=O)cc1. The zero-order chi connectivity index (χ0) is 11.7. The standard InChI is InChI=1S/C12H17N3O/c1-14(2)10-3-5-11(6-4-10)15-8-9(13)7-12(15)16/h3-6,9H,7-8,13H2,1-2H3. The van der Waals surface area contributed by atoms with Crippen LogP contribution in [0.2, 0.25) is 0 Å². The van der Waals surface area contributed by atoms with Crippen LogP contribution in [0.4, 0.5) is 11.4 Å². The van der Waals surface area contributed by atoms with E-state index < -0.39 is 0 Å². The van der Waals surface area contributed by atoms with Crippen molar-refractivity contribution in [1.29, 1.82) is 0 Å². The van der Waals surface area contributed by atoms with Crippen LogP contribution in [-0.4, -0.2) is 32.6 Å². The molecule has 1 heterocycles. The van der Waals surface area contributed by atoms with Crippen molar-refractivity contribution < 1.29 is 4.79 Å². The quantitative estimate of drug-likeness (QED) is 0.801. The Morgan fingerprint density at radius 2 is 1.94 bits per heavy atom. The third-order valence-electron chi connectivity index (χ3n) is 2.83. The lowest BCUT2D eigenvalue weighted by atomic mass is 10.2. The number of rotatable bonds is 2. The molecule has 0 bridgehead atoms. The van der Waals surface area contributed by atoms with Gasteiger partial charge in [-0.2, -0.15) is 0 Å². The lowest BCUT2D eigenvalue weighted by Gasteiger charge is -2.18. The normalized spacial score (nSPS) is 20.3. The molecule has 1 aliphatic rings. The monoisotopic (exact) mass is 219 g/mol. The molecule has 1 saturated heterocycles. The first-order valence-electron chi connectivity index (χ1n) is 5.41. The number of hydrogen-bond donors (Lipinski definition) is 1. The van der Waals surface area contributed by atoms with Gasteiger partial charge in [-0.3, -0.25) is 4.79 Å². The van der Waals surface area contributed by atoms with Crippen molar-refractivity contribution >= 4 is 17.3 Å². The zero-order valence-corrected chi connectivity index (χ0v) is 9.68. The second-order valence-corrected chi connectivity index (χ2v) is 4.38. The van der Waals surface area contributed by atoms with E-state index in [1.54, 1.807) is 4.90 Å². The predicted octanol–water partition coefficient (Wildman–Crippen LogP) is 0.817. The molecule has 0 aliphatic carbocycles. The Kier molecular flexibility index (Phi) is 2.83. The van der Waals surface area contributed by atoms with Crippen molar-refractivity contribution in [2.45, 2.75) is 12.5 Å². The second kappa shape index (κ2) is 4.14. The molecule has 1 unspecified atom stereocenters. The summed E-state index contributed by atoms with van der Waals surface area (Å²) in [5.74, 6) is 0.116. The summed E-state index contributed by atoms with van der Waals surface area (Å²) in [4.78, 5) is 15.4. The van der Waals surface area contributed by atoms with E-state index in [1.807, 2.05) is 43.3 Å². The molecule has 1 aliphatic heterocycles. The molecule has 0 saturated carbocycles. The van der Waals surface area contributed by atoms with E-state index in [4.69, 9.17) is 5.73 Å². The summed E-state index contributed by atoms with van der Waals surface area (Å²) in [6, 6.07) is 7.91. The van der Waals surface area contributed by atoms with Crippen molar-refractivity contribution in [2.24, 2.45) is 5.73 Å². The van der Waals surface area contributed by atoms with E-state index in [0.717, 1.165) is 11.4 Å². The van der Waals surface area contributed by atoms with E-state index in [0.29, 0.717) is 13.0 Å². The Bertz CT molecular complexity index is 386. The van der Waals surface area contributed by atoms with Crippen molar-refractivity contribution in [1.82, 2.24) is 0 Å². The summed E-state index contributed by atoms with van der Waals surface area (Å²) in [5, 5.41) is 0. The third-order valence-corrected chi connectivity index (χ3v) is 2.83. The third kappa shape index (κ3) is 2.02. The highest BCUT2D eigenvalue weighted by Crippen LogP contribution is 2.23. The van der Waals surface area contributed by atoms with Gasteiger partial charge >= 0.3 is 0 Å². The van der Waals surface area contributed by atoms with E-state index >= 15 is 0 Å². The summed E-state index contributed by atoms with van der Waals surface area (Å²) in [6.07, 6.45) is 0.454. The Labute approximate surface area is 95.6 Å². The first-order chi connectivity index (χ1) is 7.58. The molecule has 1 aromatic rings. The van der Waals surface area contributed by atoms with Gasteiger partial charge in [0.25, 0.3) is 0 Å². The maximum Gasteiger partial charge on any atom is 0.228 e. The van der Waals surface area contributed by atoms with Crippen LogP contribution in [0.3, 0.4) is 0 Å². The summed E-state index contributed by atoms with van der Waals surface area (Å²) in [7, 11) is 3.98. The molecule has 2 N–H and O–H groups in total. The Morgan fingerprint density at radius 1 is 1.31 bits per heavy atom. The van der Waals surface area contributed by atoms with Crippen molar-refractivity contribution in [3.05, 3.63) is 24.3 Å². The maximum atomic E-state index is 11.6. The zero-order valence-electron chi connectivity index (χ0n) is 9.68. The Hall–Kier alpha value is -1.55. The predicted molar refractivity (Wildman–Crippen MR) is 65.7 cm³/mol. The lowest BCUT2D eigenvalue weighted by Crippen LogP contribution is -2.27. The van der Waals surface area contributed by atoms with Crippen LogP contribution in [0.1, 0.15) is 6.42 Å². The average Bonchev–Trinajstić information content (AvgIpc) is 2.58. The second-order valence-electron chi connectivity index (χ2n) is 4.38. The number of amides is 1. The van der Waals surface area contributed by atoms with Gasteiger partial charge in [-0.1, -0.05) is 0 Å². The molecule has 0 radical (unpaired) electrons. The molecule has 4 nitrogen and oxygen atoms in total. The van der Waals surface area contributed by atoms with Gasteiger partial charge in [0.1, 0.15) is 0 Å². The molecule has 0 aromatic heterocycles. The van der Waals surface area contributed by atoms with Gasteiger partial charge < -0.3 is 15.5 Å². The fourth-order valence-electron chi connectivity index (χ4n) is 1.92. The molecular formula is C12H17N3O. The molecular weight excluding hydrogens is 202 g/mol. The number of hydrogen-bond acceptors (Lipinski definition) is 3. The van der Waals surface area contributed by atoms with Crippen LogP contribution >= 0.6 is 0 Å². The van der Waals surface area contributed by atoms with Crippen LogP contribution in [0.15, 0.2) is 24.3 Å². The summed E-state index contributed by atoms with van der Waals surface area (Å²) < 4.78 is 0. The summed E-state index contributed by atoms with van der Waals surface area (Å²) >= 11 is 0. The van der Waals surface area contributed by atoms with Crippen molar-refractivity contribution in [3.8, 4) is 0 Å². The number of nitrogens with two attached hydrogens (primary N) is 1. The van der Waals surface area contributed by atoms with Crippen LogP contribution < -0.4 is 15.5 Å². The Balaban J connectivity index is 2.19. The van der Waals surface area contributed by atoms with Crippen molar-refractivity contribution in [2.75, 3.05) is 30.4 Å². The summed E-state index contributed by atoms with van der Waals surface area (Å²) in [5.41, 5.74) is 7.82. The fraction of sp³-hybridized carbons (Fsp3) is 0.417. The molecule has 2 rings (SSSR count). The van der Waals surface area contributed by atoms with Crippen molar-refractivity contribution in [3.63, 3.8) is 0 Å². The van der Waals surface area contributed by atoms with Crippen LogP contribution in [-0.2, 0) is 4.79 Å². The highest BCUT2D eigenvalue weighted by Gasteiger charge is 2.27. The largest absolute Gasteiger partial charge is 0.378 e. The van der Waals surface area contributed by atoms with Gasteiger partial charge in [0.2, 0.25) is 5.91 Å². The van der Waals surface area contributed by atoms with E-state index in [1.165, 1.54) is 0 Å². The van der Waals surface area contributed by atoms with Gasteiger partial charge in [0.05, 0.1) is 0 Å². The molecule has 16 heavy (non-hydrogen) atoms. The van der Waals surface area contributed by atoms with Crippen LogP contribution in [0.5, 0.6) is 0 Å². The smallest absolute Gasteiger partial charge is 0.228 e. The van der Waals surface area contributed by atoms with E-state index in [2.05, 4.69) is 0 Å². The minimum Gasteiger partial charge on any atom is -0.378 e. The highest BCUT2D eigenvalue weighted by atomic mass is 16.2. The van der Waals surface area contributed by atoms with Gasteiger partial charge in [-0.25, -0.2) is 0 Å². The van der Waals surface area contributed by atoms with Gasteiger partial charge in [-0.15, -0.1) is 0 Å².